The number of hydrogen-bond donors (Lipinski definition) is 1. The summed E-state index contributed by atoms with van der Waals surface area (Å²) in [5, 5.41) is 3.97. The summed E-state index contributed by atoms with van der Waals surface area (Å²) in [6, 6.07) is 0.340. The summed E-state index contributed by atoms with van der Waals surface area (Å²) in [6.07, 6.45) is 9.89. The van der Waals surface area contributed by atoms with Crippen LogP contribution >= 0.6 is 11.6 Å². The predicted molar refractivity (Wildman–Crippen MR) is 127 cm³/mol. The Morgan fingerprint density at radius 1 is 1.18 bits per heavy atom. The average Bonchev–Trinajstić information content (AvgIpc) is 3.01. The van der Waals surface area contributed by atoms with Crippen LogP contribution in [0.3, 0.4) is 0 Å². The average molecular weight is 486 g/mol. The molecule has 1 N–H and O–H groups in total. The van der Waals surface area contributed by atoms with E-state index in [-0.39, 0.29) is 35.2 Å². The van der Waals surface area contributed by atoms with Gasteiger partial charge in [0.2, 0.25) is 5.28 Å². The van der Waals surface area contributed by atoms with E-state index in [9.17, 15) is 4.79 Å². The summed E-state index contributed by atoms with van der Waals surface area (Å²) < 4.78 is 14.7. The standard InChI is InChI=1S/C25H32ClN5O3/c1-12(32)25-10-15(25)18(19-20(25)34-24(2,3)33-19)31-11-27-17-21(29-23(26)30-22(17)31)28-16(13-6-4-7-13)14-8-5-9-14/h11,13-16,18-20H,4-10H2,1-3H3,(H,28,29,30)/t15-,18-,19-,20?,25+/m1/s1. The number of nitrogens with one attached hydrogen (secondary N) is 1. The first-order valence-corrected chi connectivity index (χ1v) is 13.2. The number of ether oxygens (including phenoxy) is 2. The Morgan fingerprint density at radius 3 is 2.50 bits per heavy atom. The minimum atomic E-state index is -0.724. The van der Waals surface area contributed by atoms with Crippen LogP contribution in [-0.4, -0.2) is 49.3 Å². The second-order valence-electron chi connectivity index (χ2n) is 11.6. The summed E-state index contributed by atoms with van der Waals surface area (Å²) >= 11 is 6.47. The molecular formula is C25H32ClN5O3. The van der Waals surface area contributed by atoms with Crippen molar-refractivity contribution in [1.82, 2.24) is 19.5 Å². The van der Waals surface area contributed by atoms with Crippen molar-refractivity contribution in [3.05, 3.63) is 11.6 Å². The first-order valence-electron chi connectivity index (χ1n) is 12.8. The number of Topliss-reactive ketones (excluding diaryl/α,β-unsaturated/α-hetero) is 1. The molecule has 4 saturated carbocycles. The highest BCUT2D eigenvalue weighted by Crippen LogP contribution is 2.72. The van der Waals surface area contributed by atoms with E-state index in [1.54, 1.807) is 6.92 Å². The van der Waals surface area contributed by atoms with Crippen LogP contribution in [0.2, 0.25) is 5.28 Å². The van der Waals surface area contributed by atoms with Gasteiger partial charge in [-0.2, -0.15) is 9.97 Å². The van der Waals surface area contributed by atoms with Gasteiger partial charge in [-0.25, -0.2) is 4.98 Å². The molecule has 0 spiro atoms. The third kappa shape index (κ3) is 2.91. The first kappa shape index (κ1) is 21.5. The molecule has 5 aliphatic rings. The van der Waals surface area contributed by atoms with E-state index < -0.39 is 11.2 Å². The molecule has 2 aromatic rings. The van der Waals surface area contributed by atoms with Gasteiger partial charge in [-0.05, 0) is 82.2 Å². The number of nitrogens with zero attached hydrogens (tertiary/aromatic N) is 4. The van der Waals surface area contributed by atoms with Crippen LogP contribution in [0.15, 0.2) is 6.33 Å². The third-order valence-electron chi connectivity index (χ3n) is 9.43. The molecule has 0 bridgehead atoms. The summed E-state index contributed by atoms with van der Waals surface area (Å²) in [4.78, 5) is 26.7. The minimum absolute atomic E-state index is 0.0754. The number of rotatable bonds is 6. The number of anilines is 1. The van der Waals surface area contributed by atoms with E-state index in [0.29, 0.717) is 23.5 Å². The second-order valence-corrected chi connectivity index (χ2v) is 12.0. The molecule has 0 amide bonds. The van der Waals surface area contributed by atoms with Crippen LogP contribution in [-0.2, 0) is 14.3 Å². The Labute approximate surface area is 204 Å². The van der Waals surface area contributed by atoms with Crippen LogP contribution in [0.4, 0.5) is 5.82 Å². The Bertz CT molecular complexity index is 1160. The molecule has 1 saturated heterocycles. The van der Waals surface area contributed by atoms with Gasteiger partial charge >= 0.3 is 0 Å². The number of imidazole rings is 1. The molecule has 0 radical (unpaired) electrons. The van der Waals surface area contributed by atoms with Crippen LogP contribution in [0.1, 0.15) is 71.8 Å². The maximum atomic E-state index is 12.7. The van der Waals surface area contributed by atoms with Crippen LogP contribution in [0.5, 0.6) is 0 Å². The van der Waals surface area contributed by atoms with Gasteiger partial charge in [-0.15, -0.1) is 0 Å². The highest BCUT2D eigenvalue weighted by Gasteiger charge is 2.78. The minimum Gasteiger partial charge on any atom is -0.365 e. The smallest absolute Gasteiger partial charge is 0.226 e. The SMILES string of the molecule is CC(=O)[C@@]12C[C@@H]1[C@@H](n1cnc3c(NC(C4CCC4)C4CCC4)nc(Cl)nc31)[C@H]1OC(C)(C)OC12. The zero-order valence-electron chi connectivity index (χ0n) is 20.0. The zero-order valence-corrected chi connectivity index (χ0v) is 20.7. The molecule has 34 heavy (non-hydrogen) atoms. The molecule has 1 aliphatic heterocycles. The quantitative estimate of drug-likeness (QED) is 0.601. The van der Waals surface area contributed by atoms with Gasteiger partial charge in [0.15, 0.2) is 22.8 Å². The molecule has 5 fully saturated rings. The number of aromatic nitrogens is 4. The van der Waals surface area contributed by atoms with Crippen molar-refractivity contribution in [3.63, 3.8) is 0 Å². The first-order chi connectivity index (χ1) is 16.3. The van der Waals surface area contributed by atoms with Crippen molar-refractivity contribution < 1.29 is 14.3 Å². The lowest BCUT2D eigenvalue weighted by Gasteiger charge is -2.43. The summed E-state index contributed by atoms with van der Waals surface area (Å²) in [7, 11) is 0. The third-order valence-corrected chi connectivity index (χ3v) is 9.60. The number of carbonyl (C=O) groups excluding carboxylic acids is 1. The molecule has 3 heterocycles. The summed E-state index contributed by atoms with van der Waals surface area (Å²) in [5.74, 6) is 1.72. The molecule has 7 rings (SSSR count). The summed E-state index contributed by atoms with van der Waals surface area (Å²) in [6.45, 7) is 5.52. The fraction of sp³-hybridized carbons (Fsp3) is 0.760. The number of carbonyl (C=O) groups is 1. The lowest BCUT2D eigenvalue weighted by molar-refractivity contribution is -0.163. The largest absolute Gasteiger partial charge is 0.365 e. The molecule has 182 valence electrons. The molecule has 8 nitrogen and oxygen atoms in total. The van der Waals surface area contributed by atoms with Gasteiger partial charge in [0.25, 0.3) is 0 Å². The predicted octanol–water partition coefficient (Wildman–Crippen LogP) is 4.53. The van der Waals surface area contributed by atoms with Gasteiger partial charge in [0.05, 0.1) is 17.8 Å². The van der Waals surface area contributed by atoms with Gasteiger partial charge in [-0.1, -0.05) is 12.8 Å². The Balaban J connectivity index is 1.27. The van der Waals surface area contributed by atoms with Crippen molar-refractivity contribution in [2.45, 2.75) is 95.8 Å². The number of halogens is 1. The number of fused-ring (bicyclic) bond motifs is 4. The molecular weight excluding hydrogens is 454 g/mol. The Kier molecular flexibility index (Phi) is 4.52. The van der Waals surface area contributed by atoms with Gasteiger partial charge in [0.1, 0.15) is 18.0 Å². The zero-order chi connectivity index (χ0) is 23.4. The second kappa shape index (κ2) is 7.14. The molecule has 9 heteroatoms. The maximum Gasteiger partial charge on any atom is 0.226 e. The molecule has 0 aromatic carbocycles. The highest BCUT2D eigenvalue weighted by atomic mass is 35.5. The monoisotopic (exact) mass is 485 g/mol. The van der Waals surface area contributed by atoms with E-state index >= 15 is 0 Å². The molecule has 2 aromatic heterocycles. The number of ketones is 1. The maximum absolute atomic E-state index is 12.7. The Hall–Kier alpha value is -1.77. The lowest BCUT2D eigenvalue weighted by Crippen LogP contribution is -2.42. The topological polar surface area (TPSA) is 91.2 Å². The van der Waals surface area contributed by atoms with Crippen LogP contribution < -0.4 is 5.32 Å². The molecule has 1 unspecified atom stereocenters. The van der Waals surface area contributed by atoms with E-state index in [0.717, 1.165) is 17.8 Å². The number of hydrogen-bond acceptors (Lipinski definition) is 7. The van der Waals surface area contributed by atoms with Crippen molar-refractivity contribution in [3.8, 4) is 0 Å². The van der Waals surface area contributed by atoms with Crippen molar-refractivity contribution in [2.75, 3.05) is 5.32 Å². The fourth-order valence-corrected chi connectivity index (χ4v) is 7.43. The van der Waals surface area contributed by atoms with Crippen LogP contribution in [0.25, 0.3) is 11.2 Å². The van der Waals surface area contributed by atoms with Gasteiger partial charge in [0, 0.05) is 6.04 Å². The van der Waals surface area contributed by atoms with Gasteiger partial charge in [-0.3, -0.25) is 4.79 Å². The van der Waals surface area contributed by atoms with Crippen molar-refractivity contribution >= 4 is 34.4 Å². The van der Waals surface area contributed by atoms with E-state index in [2.05, 4.69) is 19.9 Å². The Morgan fingerprint density at radius 2 is 1.88 bits per heavy atom. The van der Waals surface area contributed by atoms with E-state index in [1.807, 2.05) is 20.2 Å². The lowest BCUT2D eigenvalue weighted by atomic mass is 9.68. The van der Waals surface area contributed by atoms with Crippen molar-refractivity contribution in [1.29, 1.82) is 0 Å². The fourth-order valence-electron chi connectivity index (χ4n) is 7.27. The molecule has 5 atom stereocenters. The highest BCUT2D eigenvalue weighted by molar-refractivity contribution is 6.28. The molecule has 4 aliphatic carbocycles. The van der Waals surface area contributed by atoms with Crippen LogP contribution in [0, 0.1) is 23.2 Å². The van der Waals surface area contributed by atoms with E-state index in [1.165, 1.54) is 38.5 Å². The van der Waals surface area contributed by atoms with Gasteiger partial charge < -0.3 is 19.4 Å². The normalized spacial score (nSPS) is 36.3. The van der Waals surface area contributed by atoms with Crippen molar-refractivity contribution in [2.24, 2.45) is 23.2 Å². The summed E-state index contributed by atoms with van der Waals surface area (Å²) in [5.41, 5.74) is 0.965. The van der Waals surface area contributed by atoms with E-state index in [4.69, 9.17) is 26.1 Å².